The maximum Gasteiger partial charge on any atom is 0.239 e. The molecule has 158 valence electrons. The minimum absolute atomic E-state index is 0.0470. The average Bonchev–Trinajstić information content (AvgIpc) is 3.44. The number of likely N-dealkylation sites (tertiary alicyclic amines) is 1. The molecule has 1 aromatic carbocycles. The van der Waals surface area contributed by atoms with Crippen molar-refractivity contribution >= 4 is 28.1 Å². The summed E-state index contributed by atoms with van der Waals surface area (Å²) in [5, 5.41) is 3.41. The largest absolute Gasteiger partial charge is 0.497 e. The summed E-state index contributed by atoms with van der Waals surface area (Å²) in [4.78, 5) is 22.4. The third kappa shape index (κ3) is 3.52. The van der Waals surface area contributed by atoms with Crippen LogP contribution in [0.5, 0.6) is 5.75 Å². The first kappa shape index (κ1) is 19.6. The van der Waals surface area contributed by atoms with Crippen LogP contribution in [-0.4, -0.2) is 53.5 Å². The van der Waals surface area contributed by atoms with Gasteiger partial charge in [0.15, 0.2) is 0 Å². The predicted molar refractivity (Wildman–Crippen MR) is 121 cm³/mol. The number of hydrogen-bond acceptors (Lipinski definition) is 4. The lowest BCUT2D eigenvalue weighted by Crippen LogP contribution is -2.50. The van der Waals surface area contributed by atoms with Crippen LogP contribution in [0, 0.1) is 0 Å². The van der Waals surface area contributed by atoms with Crippen molar-refractivity contribution in [3.05, 3.63) is 51.8 Å². The number of rotatable bonds is 4. The minimum atomic E-state index is -0.0470. The van der Waals surface area contributed by atoms with Crippen LogP contribution < -0.4 is 4.74 Å². The highest BCUT2D eigenvalue weighted by atomic mass is 32.1. The standard InChI is InChI=1S/C24H29N3O2S/c1-16(24(28)27-11-7-23-18(15-27)8-12-30-23)26-9-5-17(6-10-26)21-14-25-22-4-3-19(29-2)13-20(21)22/h3-4,8,12-14,16-17,25H,5-7,9-11,15H2,1-2H3. The van der Waals surface area contributed by atoms with E-state index in [1.165, 1.54) is 21.4 Å². The molecule has 3 aromatic rings. The number of aromatic amines is 1. The van der Waals surface area contributed by atoms with Crippen molar-refractivity contribution in [2.75, 3.05) is 26.7 Å². The molecule has 1 N–H and O–H groups in total. The predicted octanol–water partition coefficient (Wildman–Crippen LogP) is 4.39. The van der Waals surface area contributed by atoms with E-state index in [-0.39, 0.29) is 11.9 Å². The van der Waals surface area contributed by atoms with Crippen molar-refractivity contribution in [3.8, 4) is 5.75 Å². The number of fused-ring (bicyclic) bond motifs is 2. The van der Waals surface area contributed by atoms with Gasteiger partial charge in [0.25, 0.3) is 0 Å². The highest BCUT2D eigenvalue weighted by Crippen LogP contribution is 2.35. The lowest BCUT2D eigenvalue weighted by atomic mass is 9.88. The van der Waals surface area contributed by atoms with E-state index in [1.54, 1.807) is 7.11 Å². The first-order valence-electron chi connectivity index (χ1n) is 10.9. The number of amides is 1. The highest BCUT2D eigenvalue weighted by Gasteiger charge is 2.32. The lowest BCUT2D eigenvalue weighted by Gasteiger charge is -2.38. The van der Waals surface area contributed by atoms with E-state index in [9.17, 15) is 4.79 Å². The average molecular weight is 424 g/mol. The Morgan fingerprint density at radius 3 is 2.87 bits per heavy atom. The first-order chi connectivity index (χ1) is 14.6. The second-order valence-electron chi connectivity index (χ2n) is 8.52. The van der Waals surface area contributed by atoms with Gasteiger partial charge in [-0.15, -0.1) is 11.3 Å². The first-order valence-corrected chi connectivity index (χ1v) is 11.7. The van der Waals surface area contributed by atoms with Gasteiger partial charge in [-0.05, 0) is 86.0 Å². The maximum atomic E-state index is 13.2. The van der Waals surface area contributed by atoms with Gasteiger partial charge in [-0.25, -0.2) is 0 Å². The summed E-state index contributed by atoms with van der Waals surface area (Å²) in [6.45, 7) is 5.64. The van der Waals surface area contributed by atoms with Gasteiger partial charge >= 0.3 is 0 Å². The van der Waals surface area contributed by atoms with Crippen LogP contribution >= 0.6 is 11.3 Å². The number of nitrogens with one attached hydrogen (secondary N) is 1. The van der Waals surface area contributed by atoms with E-state index < -0.39 is 0 Å². The number of aromatic nitrogens is 1. The van der Waals surface area contributed by atoms with Crippen molar-refractivity contribution in [2.45, 2.75) is 44.7 Å². The van der Waals surface area contributed by atoms with E-state index in [4.69, 9.17) is 4.74 Å². The molecule has 4 heterocycles. The van der Waals surface area contributed by atoms with Gasteiger partial charge in [0.1, 0.15) is 5.75 Å². The third-order valence-electron chi connectivity index (χ3n) is 6.91. The van der Waals surface area contributed by atoms with Gasteiger partial charge < -0.3 is 14.6 Å². The minimum Gasteiger partial charge on any atom is -0.497 e. The van der Waals surface area contributed by atoms with Crippen LogP contribution in [0.2, 0.25) is 0 Å². The molecule has 0 bridgehead atoms. The number of thiophene rings is 1. The number of methoxy groups -OCH3 is 1. The molecule has 0 spiro atoms. The Bertz CT molecular complexity index is 1050. The molecule has 1 unspecified atom stereocenters. The second kappa shape index (κ2) is 8.08. The zero-order valence-corrected chi connectivity index (χ0v) is 18.5. The number of hydrogen-bond donors (Lipinski definition) is 1. The van der Waals surface area contributed by atoms with E-state index in [0.717, 1.165) is 56.7 Å². The third-order valence-corrected chi connectivity index (χ3v) is 7.94. The fourth-order valence-electron chi connectivity index (χ4n) is 5.04. The molecule has 1 atom stereocenters. The molecule has 1 amide bonds. The molecule has 1 fully saturated rings. The van der Waals surface area contributed by atoms with E-state index >= 15 is 0 Å². The Labute approximate surface area is 181 Å². The molecular formula is C24H29N3O2S. The molecular weight excluding hydrogens is 394 g/mol. The molecule has 5 rings (SSSR count). The van der Waals surface area contributed by atoms with Crippen LogP contribution in [0.3, 0.4) is 0 Å². The molecule has 0 radical (unpaired) electrons. The van der Waals surface area contributed by atoms with Gasteiger partial charge in [0.2, 0.25) is 5.91 Å². The Morgan fingerprint density at radius 1 is 1.23 bits per heavy atom. The molecule has 0 saturated carbocycles. The van der Waals surface area contributed by atoms with Crippen LogP contribution in [0.25, 0.3) is 10.9 Å². The van der Waals surface area contributed by atoms with Crippen LogP contribution in [-0.2, 0) is 17.8 Å². The summed E-state index contributed by atoms with van der Waals surface area (Å²) in [7, 11) is 1.71. The van der Waals surface area contributed by atoms with Crippen LogP contribution in [0.15, 0.2) is 35.8 Å². The smallest absolute Gasteiger partial charge is 0.239 e. The van der Waals surface area contributed by atoms with Gasteiger partial charge in [-0.1, -0.05) is 0 Å². The number of nitrogens with zero attached hydrogens (tertiary/aromatic N) is 2. The number of carbonyl (C=O) groups is 1. The molecule has 2 aliphatic heterocycles. The normalized spacial score (nSPS) is 19.1. The topological polar surface area (TPSA) is 48.6 Å². The summed E-state index contributed by atoms with van der Waals surface area (Å²) in [6, 6.07) is 8.35. The summed E-state index contributed by atoms with van der Waals surface area (Å²) in [5.74, 6) is 1.70. The van der Waals surface area contributed by atoms with Crippen molar-refractivity contribution in [2.24, 2.45) is 0 Å². The molecule has 5 nitrogen and oxygen atoms in total. The van der Waals surface area contributed by atoms with Crippen molar-refractivity contribution in [1.82, 2.24) is 14.8 Å². The molecule has 0 aliphatic carbocycles. The number of H-pyrrole nitrogens is 1. The van der Waals surface area contributed by atoms with Gasteiger partial charge in [0.05, 0.1) is 13.2 Å². The molecule has 2 aliphatic rings. The zero-order chi connectivity index (χ0) is 20.7. The number of ether oxygens (including phenoxy) is 1. The van der Waals surface area contributed by atoms with E-state index in [0.29, 0.717) is 5.92 Å². The molecule has 1 saturated heterocycles. The van der Waals surface area contributed by atoms with Crippen LogP contribution in [0.4, 0.5) is 0 Å². The summed E-state index contributed by atoms with van der Waals surface area (Å²) in [6.07, 6.45) is 5.32. The van der Waals surface area contributed by atoms with E-state index in [2.05, 4.69) is 51.5 Å². The summed E-state index contributed by atoms with van der Waals surface area (Å²) in [5.41, 5.74) is 3.87. The Morgan fingerprint density at radius 2 is 2.07 bits per heavy atom. The van der Waals surface area contributed by atoms with Crippen molar-refractivity contribution in [1.29, 1.82) is 0 Å². The van der Waals surface area contributed by atoms with Crippen LogP contribution in [0.1, 0.15) is 41.7 Å². The summed E-state index contributed by atoms with van der Waals surface area (Å²) >= 11 is 1.82. The van der Waals surface area contributed by atoms with Crippen molar-refractivity contribution < 1.29 is 9.53 Å². The maximum absolute atomic E-state index is 13.2. The SMILES string of the molecule is COc1ccc2[nH]cc(C3CCN(C(C)C(=O)N4CCc5sccc5C4)CC3)c2c1. The second-order valence-corrected chi connectivity index (χ2v) is 9.52. The van der Waals surface area contributed by atoms with Gasteiger partial charge in [0, 0.05) is 35.1 Å². The fraction of sp³-hybridized carbons (Fsp3) is 0.458. The zero-order valence-electron chi connectivity index (χ0n) is 17.7. The van der Waals surface area contributed by atoms with Gasteiger partial charge in [-0.3, -0.25) is 9.69 Å². The summed E-state index contributed by atoms with van der Waals surface area (Å²) < 4.78 is 5.42. The Balaban J connectivity index is 1.23. The van der Waals surface area contributed by atoms with E-state index in [1.807, 2.05) is 17.4 Å². The van der Waals surface area contributed by atoms with Crippen molar-refractivity contribution in [3.63, 3.8) is 0 Å². The molecule has 6 heteroatoms. The quantitative estimate of drug-likeness (QED) is 0.677. The monoisotopic (exact) mass is 423 g/mol. The molecule has 30 heavy (non-hydrogen) atoms. The number of benzene rings is 1. The fourth-order valence-corrected chi connectivity index (χ4v) is 5.93. The lowest BCUT2D eigenvalue weighted by molar-refractivity contribution is -0.137. The number of piperidine rings is 1. The number of carbonyl (C=O) groups excluding carboxylic acids is 1. The Hall–Kier alpha value is -2.31. The Kier molecular flexibility index (Phi) is 5.29. The van der Waals surface area contributed by atoms with Gasteiger partial charge in [-0.2, -0.15) is 0 Å². The molecule has 2 aromatic heterocycles. The highest BCUT2D eigenvalue weighted by molar-refractivity contribution is 7.10.